The zero-order valence-electron chi connectivity index (χ0n) is 32.0. The van der Waals surface area contributed by atoms with Gasteiger partial charge < -0.3 is 5.32 Å². The number of ketones is 2. The number of allylic oxidation sites excluding steroid dienone is 4. The number of carbonyl (C=O) groups excluding carboxylic acids is 2. The summed E-state index contributed by atoms with van der Waals surface area (Å²) in [5.41, 5.74) is -14.1. The largest absolute Gasteiger partial charge is 0.433 e. The summed E-state index contributed by atoms with van der Waals surface area (Å²) in [5, 5.41) is 13.7. The van der Waals surface area contributed by atoms with Crippen LogP contribution in [0.25, 0.3) is 0 Å². The molecule has 61 heavy (non-hydrogen) atoms. The molecule has 0 radical (unpaired) electrons. The first-order valence-corrected chi connectivity index (χ1v) is 18.5. The van der Waals surface area contributed by atoms with Crippen molar-refractivity contribution in [2.75, 3.05) is 10.2 Å². The van der Waals surface area contributed by atoms with Crippen molar-refractivity contribution in [3.8, 4) is 0 Å². The molecule has 2 atom stereocenters. The van der Waals surface area contributed by atoms with Crippen LogP contribution in [0.15, 0.2) is 58.9 Å². The highest BCUT2D eigenvalue weighted by molar-refractivity contribution is 6.03. The third kappa shape index (κ3) is 6.96. The van der Waals surface area contributed by atoms with Gasteiger partial charge in [0.1, 0.15) is 17.2 Å². The molecule has 21 heteroatoms. The predicted octanol–water partition coefficient (Wildman–Crippen LogP) is 11.5. The Kier molecular flexibility index (Phi) is 9.10. The van der Waals surface area contributed by atoms with Gasteiger partial charge in [-0.25, -0.2) is 4.39 Å². The molecule has 0 amide bonds. The van der Waals surface area contributed by atoms with Gasteiger partial charge in [0.2, 0.25) is 0 Å². The van der Waals surface area contributed by atoms with Crippen molar-refractivity contribution in [2.24, 2.45) is 10.8 Å². The van der Waals surface area contributed by atoms with Gasteiger partial charge in [-0.15, -0.1) is 0 Å². The smallest absolute Gasteiger partial charge is 0.342 e. The molecule has 3 N–H and O–H groups in total. The molecule has 2 unspecified atom stereocenters. The van der Waals surface area contributed by atoms with Crippen molar-refractivity contribution in [3.05, 3.63) is 110 Å². The van der Waals surface area contributed by atoms with Gasteiger partial charge in [0, 0.05) is 64.0 Å². The van der Waals surface area contributed by atoms with Crippen LogP contribution in [0.4, 0.5) is 74.4 Å². The summed E-state index contributed by atoms with van der Waals surface area (Å²) in [6, 6.07) is 3.31. The molecule has 0 bridgehead atoms. The molecule has 0 spiro atoms. The Bertz CT molecular complexity index is 2600. The SMILES string of the molecule is CC1(C)CC(=O)C2=C(C1)Nc1n[nH]c(C(F)(F)F)c1C2c1ccc(N2C3=C(C(=O)CC(C)(C)C3)C(c3ccc(F)cc3C(F)(F)F)c3c2n[nH]c3C(F)(F)F)cc1C(F)(F)F. The number of hydrogen-bond acceptors (Lipinski definition) is 6. The summed E-state index contributed by atoms with van der Waals surface area (Å²) in [6.45, 7) is 6.44. The van der Waals surface area contributed by atoms with Gasteiger partial charge in [0.05, 0.1) is 11.1 Å². The zero-order chi connectivity index (χ0) is 44.7. The molecule has 2 aromatic carbocycles. The summed E-state index contributed by atoms with van der Waals surface area (Å²) in [5.74, 6) is -8.66. The van der Waals surface area contributed by atoms with Gasteiger partial charge in [-0.1, -0.05) is 39.8 Å². The molecule has 2 aliphatic heterocycles. The van der Waals surface area contributed by atoms with Gasteiger partial charge >= 0.3 is 24.7 Å². The average Bonchev–Trinajstić information content (AvgIpc) is 3.73. The number of hydrogen-bond donors (Lipinski definition) is 3. The zero-order valence-corrected chi connectivity index (χ0v) is 32.0. The van der Waals surface area contributed by atoms with E-state index in [-0.39, 0.29) is 42.3 Å². The number of aromatic nitrogens is 4. The molecule has 0 fully saturated rings. The monoisotopic (exact) mass is 874 g/mol. The second-order valence-electron chi connectivity index (χ2n) is 17.2. The Morgan fingerprint density at radius 1 is 0.623 bits per heavy atom. The lowest BCUT2D eigenvalue weighted by Gasteiger charge is -2.44. The van der Waals surface area contributed by atoms with Gasteiger partial charge in [-0.2, -0.15) is 62.9 Å². The van der Waals surface area contributed by atoms with Crippen molar-refractivity contribution in [1.29, 1.82) is 0 Å². The van der Waals surface area contributed by atoms with E-state index in [9.17, 15) is 53.5 Å². The number of fused-ring (bicyclic) bond motifs is 2. The normalized spacial score (nSPS) is 21.6. The Balaban J connectivity index is 1.42. The highest BCUT2D eigenvalue weighted by atomic mass is 19.4. The molecule has 8 rings (SSSR count). The number of benzene rings is 2. The van der Waals surface area contributed by atoms with Gasteiger partial charge in [0.25, 0.3) is 0 Å². The van der Waals surface area contributed by atoms with E-state index in [2.05, 4.69) is 15.5 Å². The molecule has 4 heterocycles. The number of nitrogens with zero attached hydrogens (tertiary/aromatic N) is 3. The molecular weight excluding hydrogens is 843 g/mol. The Hall–Kier alpha value is -5.63. The van der Waals surface area contributed by atoms with E-state index < -0.39 is 139 Å². The fraction of sp³-hybridized carbons (Fsp3) is 0.400. The van der Waals surface area contributed by atoms with Crippen LogP contribution in [-0.4, -0.2) is 32.0 Å². The molecule has 2 aromatic heterocycles. The number of aromatic amines is 2. The van der Waals surface area contributed by atoms with E-state index in [0.29, 0.717) is 18.2 Å². The number of nitrogens with one attached hydrogen (secondary N) is 3. The Labute approximate surface area is 336 Å². The number of halogens is 13. The summed E-state index contributed by atoms with van der Waals surface area (Å²) >= 11 is 0. The van der Waals surface area contributed by atoms with E-state index in [1.807, 2.05) is 5.10 Å². The standard InChI is InChI=1S/C40H31F13N6O2/c1-35(2)11-21-27(23(60)13-35)25(29-31(39(48,49)50)55-57-33(29)54-21)18-8-6-16(10-20(18)38(45,46)47)59-22-12-36(3,4)14-24(61)28(22)26(30-32(40(51,52)53)56-58-34(30)59)17-7-5-15(41)9-19(17)37(42,43)44/h5-10,25-26H,11-14H2,1-4H3,(H,56,58)(H2,54,55,57). The highest BCUT2D eigenvalue weighted by Gasteiger charge is 2.53. The van der Waals surface area contributed by atoms with Crippen LogP contribution in [0, 0.1) is 16.6 Å². The molecule has 8 nitrogen and oxygen atoms in total. The van der Waals surface area contributed by atoms with Crippen LogP contribution >= 0.6 is 0 Å². The summed E-state index contributed by atoms with van der Waals surface area (Å²) in [6.07, 6.45) is -22.4. The van der Waals surface area contributed by atoms with E-state index in [1.165, 1.54) is 13.8 Å². The maximum absolute atomic E-state index is 15.5. The number of rotatable bonds is 3. The fourth-order valence-corrected chi connectivity index (χ4v) is 9.22. The maximum Gasteiger partial charge on any atom is 0.433 e. The van der Waals surface area contributed by atoms with Crippen molar-refractivity contribution in [1.82, 2.24) is 20.4 Å². The molecule has 0 saturated heterocycles. The summed E-state index contributed by atoms with van der Waals surface area (Å²) < 4.78 is 193. The molecule has 324 valence electrons. The molecule has 0 saturated carbocycles. The minimum atomic E-state index is -5.44. The van der Waals surface area contributed by atoms with Crippen LogP contribution in [-0.2, 0) is 34.3 Å². The second-order valence-corrected chi connectivity index (χ2v) is 17.2. The molecular formula is C40H31F13N6O2. The first-order chi connectivity index (χ1) is 28.0. The third-order valence-corrected chi connectivity index (χ3v) is 11.4. The minimum absolute atomic E-state index is 0.0287. The van der Waals surface area contributed by atoms with E-state index in [0.717, 1.165) is 17.0 Å². The quantitative estimate of drug-likeness (QED) is 0.177. The molecule has 4 aliphatic rings. The molecule has 2 aliphatic carbocycles. The van der Waals surface area contributed by atoms with Crippen molar-refractivity contribution >= 4 is 28.9 Å². The lowest BCUT2D eigenvalue weighted by molar-refractivity contribution is -0.142. The molecule has 4 aromatic rings. The lowest BCUT2D eigenvalue weighted by Crippen LogP contribution is -2.39. The van der Waals surface area contributed by atoms with Crippen LogP contribution in [0.2, 0.25) is 0 Å². The van der Waals surface area contributed by atoms with Gasteiger partial charge in [-0.05, 0) is 59.1 Å². The topological polar surface area (TPSA) is 107 Å². The van der Waals surface area contributed by atoms with Gasteiger partial charge in [-0.3, -0.25) is 24.7 Å². The van der Waals surface area contributed by atoms with Crippen LogP contribution in [0.5, 0.6) is 0 Å². The average molecular weight is 875 g/mol. The van der Waals surface area contributed by atoms with Crippen molar-refractivity contribution in [2.45, 2.75) is 89.9 Å². The number of alkyl halides is 12. The van der Waals surface area contributed by atoms with Crippen LogP contribution < -0.4 is 10.2 Å². The first kappa shape index (κ1) is 42.1. The summed E-state index contributed by atoms with van der Waals surface area (Å²) in [4.78, 5) is 28.7. The Morgan fingerprint density at radius 3 is 1.72 bits per heavy atom. The van der Waals surface area contributed by atoms with E-state index in [1.54, 1.807) is 18.9 Å². The predicted molar refractivity (Wildman–Crippen MR) is 190 cm³/mol. The van der Waals surface area contributed by atoms with E-state index in [4.69, 9.17) is 0 Å². The lowest BCUT2D eigenvalue weighted by atomic mass is 9.67. The number of anilines is 3. The maximum atomic E-state index is 15.5. The Morgan fingerprint density at radius 2 is 1.13 bits per heavy atom. The number of H-pyrrole nitrogens is 2. The van der Waals surface area contributed by atoms with Crippen molar-refractivity contribution < 1.29 is 66.7 Å². The van der Waals surface area contributed by atoms with Crippen LogP contribution in [0.3, 0.4) is 0 Å². The van der Waals surface area contributed by atoms with Gasteiger partial charge in [0.15, 0.2) is 23.2 Å². The third-order valence-electron chi connectivity index (χ3n) is 11.4. The number of carbonyl (C=O) groups is 2. The summed E-state index contributed by atoms with van der Waals surface area (Å²) in [7, 11) is 0. The number of Topliss-reactive ketones (excluding diaryl/α,β-unsaturated/α-hetero) is 2. The van der Waals surface area contributed by atoms with Crippen LogP contribution in [0.1, 0.15) is 110 Å². The van der Waals surface area contributed by atoms with Crippen molar-refractivity contribution in [3.63, 3.8) is 0 Å². The fourth-order valence-electron chi connectivity index (χ4n) is 9.22. The minimum Gasteiger partial charge on any atom is -0.342 e. The second kappa shape index (κ2) is 13.2. The van der Waals surface area contributed by atoms with E-state index >= 15 is 13.2 Å². The first-order valence-electron chi connectivity index (χ1n) is 18.5. The highest BCUT2D eigenvalue weighted by Crippen LogP contribution is 2.59.